The van der Waals surface area contributed by atoms with Crippen LogP contribution >= 0.6 is 22.5 Å². The summed E-state index contributed by atoms with van der Waals surface area (Å²) in [6.45, 7) is 12.5. The second-order valence-electron chi connectivity index (χ2n) is 7.17. The first kappa shape index (κ1) is 29.2. The van der Waals surface area contributed by atoms with Crippen LogP contribution in [0.3, 0.4) is 0 Å². The van der Waals surface area contributed by atoms with E-state index in [2.05, 4.69) is 35.4 Å². The highest BCUT2D eigenvalue weighted by atomic mass is 33.1. The molecule has 0 aliphatic heterocycles. The molecule has 0 saturated heterocycles. The Morgan fingerprint density at radius 2 is 1.52 bits per heavy atom. The predicted octanol–water partition coefficient (Wildman–Crippen LogP) is 4.34. The summed E-state index contributed by atoms with van der Waals surface area (Å²) in [6.07, 6.45) is 10.5. The number of nitrogens with one attached hydrogen (secondary N) is 1. The van der Waals surface area contributed by atoms with Crippen LogP contribution in [0.1, 0.15) is 64.7 Å². The molecule has 0 aromatic rings. The number of thiol groups is 1. The zero-order valence-corrected chi connectivity index (χ0v) is 20.5. The van der Waals surface area contributed by atoms with Crippen molar-refractivity contribution in [1.82, 2.24) is 5.48 Å². The van der Waals surface area contributed by atoms with E-state index in [4.69, 9.17) is 19.0 Å². The molecule has 0 radical (unpaired) electrons. The van der Waals surface area contributed by atoms with Crippen molar-refractivity contribution in [3.05, 3.63) is 0 Å². The van der Waals surface area contributed by atoms with Gasteiger partial charge in [-0.15, -0.1) is 11.7 Å². The first-order valence-electron chi connectivity index (χ1n) is 11.1. The molecular weight excluding hydrogens is 408 g/mol. The summed E-state index contributed by atoms with van der Waals surface area (Å²) in [4.78, 5) is 5.13. The van der Waals surface area contributed by atoms with Gasteiger partial charge in [-0.05, 0) is 32.1 Å². The fraction of sp³-hybridized carbons (Fsp3) is 0.952. The Bertz CT molecular complexity index is 349. The monoisotopic (exact) mass is 453 g/mol. The minimum atomic E-state index is 0.403. The van der Waals surface area contributed by atoms with E-state index in [9.17, 15) is 0 Å². The minimum Gasteiger partial charge on any atom is -0.381 e. The lowest BCUT2D eigenvalue weighted by Crippen LogP contribution is -2.18. The van der Waals surface area contributed by atoms with Gasteiger partial charge in [-0.2, -0.15) is 5.48 Å². The quantitative estimate of drug-likeness (QED) is 0.0431. The fourth-order valence-corrected chi connectivity index (χ4v) is 3.95. The van der Waals surface area contributed by atoms with Crippen molar-refractivity contribution in [2.24, 2.45) is 0 Å². The zero-order valence-electron chi connectivity index (χ0n) is 18.7. The highest BCUT2D eigenvalue weighted by molar-refractivity contribution is 8.68. The van der Waals surface area contributed by atoms with E-state index >= 15 is 0 Å². The zero-order chi connectivity index (χ0) is 21.4. The largest absolute Gasteiger partial charge is 0.381 e. The molecule has 0 saturated carbocycles. The van der Waals surface area contributed by atoms with Crippen LogP contribution in [0.25, 0.3) is 0 Å². The van der Waals surface area contributed by atoms with Gasteiger partial charge in [0.2, 0.25) is 0 Å². The Morgan fingerprint density at radius 3 is 2.17 bits per heavy atom. The van der Waals surface area contributed by atoms with E-state index in [1.165, 1.54) is 38.5 Å². The highest BCUT2D eigenvalue weighted by Crippen LogP contribution is 2.23. The molecule has 29 heavy (non-hydrogen) atoms. The van der Waals surface area contributed by atoms with Crippen LogP contribution in [0, 0.1) is 0 Å². The molecule has 1 unspecified atom stereocenters. The lowest BCUT2D eigenvalue weighted by atomic mass is 10.1. The van der Waals surface area contributed by atoms with Crippen molar-refractivity contribution in [3.8, 4) is 0 Å². The Morgan fingerprint density at radius 1 is 0.897 bits per heavy atom. The Hall–Kier alpha value is 0.170. The van der Waals surface area contributed by atoms with E-state index in [0.29, 0.717) is 19.9 Å². The molecule has 0 aliphatic carbocycles. The minimum absolute atomic E-state index is 0.403. The number of hydroxylamine groups is 1. The van der Waals surface area contributed by atoms with Gasteiger partial charge in [0, 0.05) is 45.0 Å². The molecule has 0 aromatic heterocycles. The highest BCUT2D eigenvalue weighted by Gasteiger charge is 2.05. The maximum Gasteiger partial charge on any atom is 0.144 e. The molecule has 6 nitrogen and oxygen atoms in total. The van der Waals surface area contributed by atoms with Crippen LogP contribution in [0.5, 0.6) is 0 Å². The molecular formula is C21H45N2O4S2+. The van der Waals surface area contributed by atoms with E-state index < -0.39 is 0 Å². The number of rotatable bonds is 24. The predicted molar refractivity (Wildman–Crippen MR) is 127 cm³/mol. The second kappa shape index (κ2) is 24.4. The summed E-state index contributed by atoms with van der Waals surface area (Å²) in [6, 6.07) is 0. The molecule has 0 bridgehead atoms. The number of nitrogens with zero attached hydrogens (tertiary/aromatic N) is 1. The summed E-state index contributed by atoms with van der Waals surface area (Å²) >= 11 is 4.33. The van der Waals surface area contributed by atoms with Gasteiger partial charge in [0.25, 0.3) is 0 Å². The fourth-order valence-electron chi connectivity index (χ4n) is 2.77. The summed E-state index contributed by atoms with van der Waals surface area (Å²) in [7, 11) is 3.33. The van der Waals surface area contributed by atoms with Gasteiger partial charge in [0.1, 0.15) is 26.5 Å². The Labute approximate surface area is 188 Å². The average molecular weight is 454 g/mol. The molecule has 1 atom stereocenters. The van der Waals surface area contributed by atoms with Gasteiger partial charge in [-0.3, -0.25) is 4.84 Å². The molecule has 0 aromatic carbocycles. The lowest BCUT2D eigenvalue weighted by molar-refractivity contribution is -0.521. The maximum absolute atomic E-state index is 5.67. The van der Waals surface area contributed by atoms with Gasteiger partial charge < -0.3 is 14.2 Å². The number of ether oxygens (including phenoxy) is 3. The van der Waals surface area contributed by atoms with E-state index in [-0.39, 0.29) is 0 Å². The third kappa shape index (κ3) is 22.7. The molecule has 0 heterocycles. The number of methoxy groups -OCH3 is 1. The Balaban J connectivity index is 3.20. The smallest absolute Gasteiger partial charge is 0.144 e. The van der Waals surface area contributed by atoms with Crippen LogP contribution in [-0.4, -0.2) is 76.5 Å². The van der Waals surface area contributed by atoms with Gasteiger partial charge >= 0.3 is 0 Å². The van der Waals surface area contributed by atoms with Gasteiger partial charge in [-0.25, -0.2) is 4.58 Å². The third-order valence-corrected chi connectivity index (χ3v) is 6.30. The number of hydrogen-bond donors (Lipinski definition) is 2. The first-order valence-corrected chi connectivity index (χ1v) is 13.0. The average Bonchev–Trinajstić information content (AvgIpc) is 2.73. The van der Waals surface area contributed by atoms with Crippen molar-refractivity contribution >= 4 is 29.2 Å². The normalized spacial score (nSPS) is 12.4. The standard InChI is InChI=1S/C21H44N2O4S2/c1-4-21(29-28)12-7-5-6-8-13-23(2)14-9-15-25-16-10-17-26-18-11-19-27-22-20-24-3/h21-22H,2,4-20H2,1,3H3/p+1. The molecule has 0 rings (SSSR count). The van der Waals surface area contributed by atoms with Crippen LogP contribution in [0.2, 0.25) is 0 Å². The van der Waals surface area contributed by atoms with Crippen molar-refractivity contribution in [1.29, 1.82) is 0 Å². The van der Waals surface area contributed by atoms with Crippen LogP contribution in [0.4, 0.5) is 0 Å². The first-order chi connectivity index (χ1) is 14.2. The molecule has 0 fully saturated rings. The molecule has 8 heteroatoms. The number of hydrogen-bond acceptors (Lipinski definition) is 7. The number of unbranched alkanes of at least 4 members (excludes halogenated alkanes) is 3. The summed E-state index contributed by atoms with van der Waals surface area (Å²) in [5, 5.41) is 0.720. The molecule has 0 aliphatic rings. The lowest BCUT2D eigenvalue weighted by Gasteiger charge is -2.10. The molecule has 0 amide bonds. The van der Waals surface area contributed by atoms with E-state index in [1.54, 1.807) is 17.9 Å². The van der Waals surface area contributed by atoms with E-state index in [0.717, 1.165) is 57.4 Å². The van der Waals surface area contributed by atoms with Crippen LogP contribution in [0.15, 0.2) is 0 Å². The molecule has 174 valence electrons. The Kier molecular flexibility index (Phi) is 24.6. The van der Waals surface area contributed by atoms with Gasteiger partial charge in [-0.1, -0.05) is 30.6 Å². The van der Waals surface area contributed by atoms with Crippen LogP contribution < -0.4 is 5.48 Å². The SMILES string of the molecule is C=[N+](CCCCCCC(CC)SS)CCCOCCCOCCCONCOC. The van der Waals surface area contributed by atoms with Crippen molar-refractivity contribution < 1.29 is 23.6 Å². The maximum atomic E-state index is 5.67. The van der Waals surface area contributed by atoms with Gasteiger partial charge in [0.15, 0.2) is 0 Å². The second-order valence-corrected chi connectivity index (χ2v) is 8.68. The summed E-state index contributed by atoms with van der Waals surface area (Å²) in [5.41, 5.74) is 2.69. The van der Waals surface area contributed by atoms with Crippen molar-refractivity contribution in [3.63, 3.8) is 0 Å². The van der Waals surface area contributed by atoms with Crippen molar-refractivity contribution in [2.45, 2.75) is 70.0 Å². The molecule has 1 N–H and O–H groups in total. The van der Waals surface area contributed by atoms with E-state index in [1.807, 2.05) is 0 Å². The summed E-state index contributed by atoms with van der Waals surface area (Å²) < 4.78 is 18.2. The molecule has 0 spiro atoms. The van der Waals surface area contributed by atoms with Crippen LogP contribution in [-0.2, 0) is 19.0 Å². The van der Waals surface area contributed by atoms with Gasteiger partial charge in [0.05, 0.1) is 13.2 Å². The topological polar surface area (TPSA) is 52.0 Å². The third-order valence-electron chi connectivity index (χ3n) is 4.54. The summed E-state index contributed by atoms with van der Waals surface area (Å²) in [5.74, 6) is 0. The van der Waals surface area contributed by atoms with Crippen molar-refractivity contribution in [2.75, 3.05) is 60.0 Å².